The van der Waals surface area contributed by atoms with E-state index in [0.717, 1.165) is 18.7 Å². The van der Waals surface area contributed by atoms with E-state index in [9.17, 15) is 14.7 Å². The van der Waals surface area contributed by atoms with Crippen LogP contribution in [0.2, 0.25) is 0 Å². The number of hydrogen-bond acceptors (Lipinski definition) is 5. The van der Waals surface area contributed by atoms with Crippen molar-refractivity contribution in [1.82, 2.24) is 9.88 Å². The number of aryl methyl sites for hydroxylation is 1. The highest BCUT2D eigenvalue weighted by Gasteiger charge is 2.44. The van der Waals surface area contributed by atoms with Crippen molar-refractivity contribution in [3.8, 4) is 5.75 Å². The number of ether oxygens (including phenoxy) is 1. The number of pyridine rings is 1. The van der Waals surface area contributed by atoms with Crippen LogP contribution in [0.1, 0.15) is 42.1 Å². The quantitative estimate of drug-likeness (QED) is 0.262. The Bertz CT molecular complexity index is 1270. The van der Waals surface area contributed by atoms with Gasteiger partial charge in [-0.05, 0) is 67.3 Å². The number of ketones is 1. The molecule has 1 saturated heterocycles. The molecule has 1 aliphatic heterocycles. The third-order valence-corrected chi connectivity index (χ3v) is 6.95. The van der Waals surface area contributed by atoms with E-state index in [4.69, 9.17) is 4.74 Å². The van der Waals surface area contributed by atoms with E-state index < -0.39 is 23.5 Å². The van der Waals surface area contributed by atoms with Gasteiger partial charge in [0.15, 0.2) is 0 Å². The van der Waals surface area contributed by atoms with Crippen molar-refractivity contribution in [2.75, 3.05) is 26.2 Å². The van der Waals surface area contributed by atoms with Crippen molar-refractivity contribution < 1.29 is 24.3 Å². The molecule has 2 aromatic carbocycles. The lowest BCUT2D eigenvalue weighted by Gasteiger charge is -2.28. The molecule has 0 radical (unpaired) electrons. The van der Waals surface area contributed by atoms with Crippen molar-refractivity contribution in [3.63, 3.8) is 0 Å². The summed E-state index contributed by atoms with van der Waals surface area (Å²) in [6, 6.07) is 17.8. The minimum absolute atomic E-state index is 0.00759. The summed E-state index contributed by atoms with van der Waals surface area (Å²) in [5.41, 5.74) is 2.80. The van der Waals surface area contributed by atoms with E-state index in [0.29, 0.717) is 42.1 Å². The fourth-order valence-corrected chi connectivity index (χ4v) is 4.74. The van der Waals surface area contributed by atoms with Crippen LogP contribution in [0.5, 0.6) is 5.75 Å². The molecule has 192 valence electrons. The van der Waals surface area contributed by atoms with Crippen LogP contribution >= 0.6 is 0 Å². The molecule has 1 atom stereocenters. The topological polar surface area (TPSA) is 87.0 Å². The van der Waals surface area contributed by atoms with Crippen LogP contribution in [0.4, 0.5) is 0 Å². The summed E-state index contributed by atoms with van der Waals surface area (Å²) in [5.74, 6) is -1.15. The molecular formula is C30H33N3O4. The molecule has 37 heavy (non-hydrogen) atoms. The molecule has 3 aromatic rings. The van der Waals surface area contributed by atoms with Gasteiger partial charge in [0.05, 0.1) is 32.2 Å². The normalized spacial score (nSPS) is 17.0. The molecule has 0 bridgehead atoms. The van der Waals surface area contributed by atoms with Crippen molar-refractivity contribution >= 4 is 17.4 Å². The standard InChI is InChI=1S/C30H33N3O4/c1-4-32(5-2)17-18-33-27(23-13-15-31-16-14-23)26(29(35)30(33)36)28(34)25-12-11-24(19-21(25)3)37-20-22-9-7-6-8-10-22/h6-16,19,27,34H,4-5,17-18,20H2,1-3H3/b28-26+. The van der Waals surface area contributed by atoms with Crippen molar-refractivity contribution in [3.05, 3.63) is 101 Å². The number of nitrogens with zero attached hydrogens (tertiary/aromatic N) is 2. The third kappa shape index (κ3) is 5.73. The molecule has 1 aromatic heterocycles. The van der Waals surface area contributed by atoms with E-state index in [1.54, 1.807) is 47.6 Å². The maximum atomic E-state index is 13.8. The predicted octanol–water partition coefficient (Wildman–Crippen LogP) is 2.12. The molecule has 1 aliphatic rings. The molecule has 1 unspecified atom stereocenters. The zero-order valence-electron chi connectivity index (χ0n) is 21.6. The van der Waals surface area contributed by atoms with E-state index in [-0.39, 0.29) is 5.57 Å². The maximum Gasteiger partial charge on any atom is 0.295 e. The highest BCUT2D eigenvalue weighted by atomic mass is 16.5. The average Bonchev–Trinajstić information content (AvgIpc) is 3.18. The van der Waals surface area contributed by atoms with Gasteiger partial charge in [-0.25, -0.2) is 0 Å². The van der Waals surface area contributed by atoms with Crippen LogP contribution in [-0.2, 0) is 16.2 Å². The molecule has 0 saturated carbocycles. The monoisotopic (exact) mass is 499 g/mol. The zero-order valence-corrected chi connectivity index (χ0v) is 21.6. The molecule has 0 spiro atoms. The van der Waals surface area contributed by atoms with Gasteiger partial charge in [0.2, 0.25) is 5.78 Å². The van der Waals surface area contributed by atoms with Gasteiger partial charge in [-0.15, -0.1) is 0 Å². The van der Waals surface area contributed by atoms with E-state index in [1.165, 1.54) is 4.90 Å². The van der Waals surface area contributed by atoms with Crippen LogP contribution in [0.15, 0.2) is 78.6 Å². The number of quaternary nitrogens is 1. The number of nitrogens with one attached hydrogen (secondary N) is 1. The first kappa shape index (κ1) is 26.1. The molecule has 7 heteroatoms. The number of hydrogen-bond donors (Lipinski definition) is 1. The van der Waals surface area contributed by atoms with Crippen LogP contribution in [-0.4, -0.2) is 47.8 Å². The molecule has 1 fully saturated rings. The Morgan fingerprint density at radius 3 is 2.38 bits per heavy atom. The first-order valence-corrected chi connectivity index (χ1v) is 12.7. The fraction of sp³-hybridized carbons (Fsp3) is 0.300. The lowest BCUT2D eigenvalue weighted by atomic mass is 9.94. The van der Waals surface area contributed by atoms with Gasteiger partial charge in [-0.3, -0.25) is 14.6 Å². The SMILES string of the molecule is CC[NH+](CC)CCN1C(=O)C(=O)/C(=C(/[O-])c2ccc(OCc3ccccc3)cc2C)C1c1ccncc1. The molecule has 2 heterocycles. The summed E-state index contributed by atoms with van der Waals surface area (Å²) in [5, 5.41) is 13.8. The Labute approximate surface area is 218 Å². The van der Waals surface area contributed by atoms with E-state index in [1.807, 2.05) is 37.3 Å². The number of likely N-dealkylation sites (tertiary alicyclic amines) is 1. The number of likely N-dealkylation sites (N-methyl/N-ethyl adjacent to an activating group) is 1. The Morgan fingerprint density at radius 2 is 1.73 bits per heavy atom. The van der Waals surface area contributed by atoms with Crippen LogP contribution in [0, 0.1) is 6.92 Å². The largest absolute Gasteiger partial charge is 0.872 e. The van der Waals surface area contributed by atoms with Crippen molar-refractivity contribution in [2.24, 2.45) is 0 Å². The number of carbonyl (C=O) groups excluding carboxylic acids is 2. The van der Waals surface area contributed by atoms with Gasteiger partial charge in [0.25, 0.3) is 5.91 Å². The van der Waals surface area contributed by atoms with Crippen LogP contribution < -0.4 is 14.7 Å². The first-order valence-electron chi connectivity index (χ1n) is 12.7. The minimum atomic E-state index is -0.737. The molecule has 1 N–H and O–H groups in total. The maximum absolute atomic E-state index is 13.8. The Balaban J connectivity index is 1.67. The van der Waals surface area contributed by atoms with Gasteiger partial charge < -0.3 is 19.6 Å². The summed E-state index contributed by atoms with van der Waals surface area (Å²) in [6.45, 7) is 9.32. The number of Topliss-reactive ketones (excluding diaryl/α,β-unsaturated/α-hetero) is 1. The molecule has 0 aliphatic carbocycles. The number of rotatable bonds is 10. The predicted molar refractivity (Wildman–Crippen MR) is 139 cm³/mol. The fourth-order valence-electron chi connectivity index (χ4n) is 4.74. The lowest BCUT2D eigenvalue weighted by Crippen LogP contribution is -3.12. The zero-order chi connectivity index (χ0) is 26.4. The summed E-state index contributed by atoms with van der Waals surface area (Å²) in [4.78, 5) is 33.3. The Kier molecular flexibility index (Phi) is 8.36. The highest BCUT2D eigenvalue weighted by molar-refractivity contribution is 6.46. The minimum Gasteiger partial charge on any atom is -0.872 e. The van der Waals surface area contributed by atoms with Crippen molar-refractivity contribution in [2.45, 2.75) is 33.4 Å². The van der Waals surface area contributed by atoms with Crippen LogP contribution in [0.25, 0.3) is 5.76 Å². The average molecular weight is 500 g/mol. The molecule has 1 amide bonds. The molecule has 4 rings (SSSR count). The Morgan fingerprint density at radius 1 is 1.03 bits per heavy atom. The van der Waals surface area contributed by atoms with E-state index in [2.05, 4.69) is 18.8 Å². The molecular weight excluding hydrogens is 466 g/mol. The molecule has 7 nitrogen and oxygen atoms in total. The van der Waals surface area contributed by atoms with E-state index >= 15 is 0 Å². The second-order valence-electron chi connectivity index (χ2n) is 9.21. The number of carbonyl (C=O) groups is 2. The number of amides is 1. The number of aromatic nitrogens is 1. The van der Waals surface area contributed by atoms with Gasteiger partial charge in [0, 0.05) is 18.0 Å². The first-order chi connectivity index (χ1) is 17.9. The second-order valence-corrected chi connectivity index (χ2v) is 9.21. The van der Waals surface area contributed by atoms with Gasteiger partial charge in [-0.1, -0.05) is 42.2 Å². The highest BCUT2D eigenvalue weighted by Crippen LogP contribution is 2.38. The Hall–Kier alpha value is -3.97. The summed E-state index contributed by atoms with van der Waals surface area (Å²) >= 11 is 0. The van der Waals surface area contributed by atoms with Crippen LogP contribution in [0.3, 0.4) is 0 Å². The third-order valence-electron chi connectivity index (χ3n) is 6.95. The van der Waals surface area contributed by atoms with Gasteiger partial charge >= 0.3 is 0 Å². The number of benzene rings is 2. The summed E-state index contributed by atoms with van der Waals surface area (Å²) in [7, 11) is 0. The second kappa shape index (κ2) is 11.8. The van der Waals surface area contributed by atoms with Gasteiger partial charge in [0.1, 0.15) is 12.4 Å². The smallest absolute Gasteiger partial charge is 0.295 e. The van der Waals surface area contributed by atoms with Crippen molar-refractivity contribution in [1.29, 1.82) is 0 Å². The summed E-state index contributed by atoms with van der Waals surface area (Å²) < 4.78 is 5.90. The summed E-state index contributed by atoms with van der Waals surface area (Å²) in [6.07, 6.45) is 3.23. The lowest BCUT2D eigenvalue weighted by molar-refractivity contribution is -0.895. The van der Waals surface area contributed by atoms with Gasteiger partial charge in [-0.2, -0.15) is 0 Å².